The fourth-order valence-corrected chi connectivity index (χ4v) is 1.40. The minimum absolute atomic E-state index is 0.415. The molecule has 0 spiro atoms. The van der Waals surface area contributed by atoms with Gasteiger partial charge in [0.1, 0.15) is 0 Å². The zero-order valence-corrected chi connectivity index (χ0v) is 9.80. The number of benzene rings is 1. The van der Waals surface area contributed by atoms with Gasteiger partial charge < -0.3 is 9.47 Å². The normalized spacial score (nSPS) is 9.80. The first-order valence-corrected chi connectivity index (χ1v) is 5.31. The van der Waals surface area contributed by atoms with Gasteiger partial charge in [0.15, 0.2) is 11.5 Å². The summed E-state index contributed by atoms with van der Waals surface area (Å²) in [6, 6.07) is 5.68. The Balaban J connectivity index is 3.04. The Kier molecular flexibility index (Phi) is 4.50. The largest absolute Gasteiger partial charge is 0.493 e. The third-order valence-corrected chi connectivity index (χ3v) is 2.36. The Bertz CT molecular complexity index is 347. The van der Waals surface area contributed by atoms with E-state index in [0.29, 0.717) is 12.5 Å². The van der Waals surface area contributed by atoms with Gasteiger partial charge in [-0.1, -0.05) is 12.6 Å². The van der Waals surface area contributed by atoms with Crippen molar-refractivity contribution in [2.24, 2.45) is 0 Å². The van der Waals surface area contributed by atoms with Gasteiger partial charge in [0, 0.05) is 5.88 Å². The molecular formula is C12H15ClO2. The summed E-state index contributed by atoms with van der Waals surface area (Å²) in [5.74, 6) is 1.87. The number of alkyl halides is 1. The van der Waals surface area contributed by atoms with Crippen LogP contribution in [0.25, 0.3) is 5.57 Å². The predicted molar refractivity (Wildman–Crippen MR) is 63.9 cm³/mol. The van der Waals surface area contributed by atoms with E-state index in [1.54, 1.807) is 7.11 Å². The van der Waals surface area contributed by atoms with Crippen LogP contribution in [0.15, 0.2) is 24.8 Å². The van der Waals surface area contributed by atoms with E-state index in [-0.39, 0.29) is 0 Å². The lowest BCUT2D eigenvalue weighted by molar-refractivity contribution is 0.311. The Morgan fingerprint density at radius 3 is 2.67 bits per heavy atom. The molecule has 0 aliphatic heterocycles. The predicted octanol–water partition coefficient (Wildman–Crippen LogP) is 3.35. The smallest absolute Gasteiger partial charge is 0.161 e. The number of allylic oxidation sites excluding steroid dienone is 1. The lowest BCUT2D eigenvalue weighted by atomic mass is 10.1. The fraction of sp³-hybridized carbons (Fsp3) is 0.333. The van der Waals surface area contributed by atoms with Gasteiger partial charge in [-0.3, -0.25) is 0 Å². The number of hydrogen-bond acceptors (Lipinski definition) is 2. The van der Waals surface area contributed by atoms with Crippen LogP contribution in [-0.4, -0.2) is 19.6 Å². The molecule has 0 saturated heterocycles. The molecule has 0 aliphatic rings. The number of halogens is 1. The van der Waals surface area contributed by atoms with Crippen LogP contribution in [-0.2, 0) is 0 Å². The Labute approximate surface area is 95.5 Å². The van der Waals surface area contributed by atoms with Crippen molar-refractivity contribution >= 4 is 17.2 Å². The first kappa shape index (κ1) is 11.9. The van der Waals surface area contributed by atoms with Crippen molar-refractivity contribution in [1.29, 1.82) is 0 Å². The van der Waals surface area contributed by atoms with Crippen LogP contribution in [0.1, 0.15) is 12.5 Å². The van der Waals surface area contributed by atoms with E-state index in [1.165, 1.54) is 0 Å². The second-order valence-corrected chi connectivity index (χ2v) is 3.30. The van der Waals surface area contributed by atoms with Crippen molar-refractivity contribution in [3.8, 4) is 11.5 Å². The summed E-state index contributed by atoms with van der Waals surface area (Å²) in [7, 11) is 1.62. The highest BCUT2D eigenvalue weighted by Gasteiger charge is 2.06. The Morgan fingerprint density at radius 2 is 2.13 bits per heavy atom. The standard InChI is InChI=1S/C12H15ClO2/c1-4-15-12-7-10(9(2)8-13)5-6-11(12)14-3/h5-7H,2,4,8H2,1,3H3. The molecule has 0 N–H and O–H groups in total. The Morgan fingerprint density at radius 1 is 1.40 bits per heavy atom. The van der Waals surface area contributed by atoms with E-state index < -0.39 is 0 Å². The highest BCUT2D eigenvalue weighted by molar-refractivity contribution is 6.23. The first-order valence-electron chi connectivity index (χ1n) is 4.77. The zero-order chi connectivity index (χ0) is 11.3. The molecule has 0 aromatic heterocycles. The van der Waals surface area contributed by atoms with Crippen molar-refractivity contribution in [2.75, 3.05) is 19.6 Å². The average molecular weight is 227 g/mol. The quantitative estimate of drug-likeness (QED) is 0.717. The van der Waals surface area contributed by atoms with E-state index in [2.05, 4.69) is 6.58 Å². The minimum atomic E-state index is 0.415. The molecule has 1 aromatic carbocycles. The van der Waals surface area contributed by atoms with Crippen molar-refractivity contribution in [2.45, 2.75) is 6.92 Å². The van der Waals surface area contributed by atoms with E-state index in [4.69, 9.17) is 21.1 Å². The van der Waals surface area contributed by atoms with E-state index in [9.17, 15) is 0 Å². The maximum absolute atomic E-state index is 5.72. The second-order valence-electron chi connectivity index (χ2n) is 3.04. The molecule has 0 aliphatic carbocycles. The maximum atomic E-state index is 5.72. The van der Waals surface area contributed by atoms with Gasteiger partial charge in [0.25, 0.3) is 0 Å². The summed E-state index contributed by atoms with van der Waals surface area (Å²) in [6.07, 6.45) is 0. The molecule has 15 heavy (non-hydrogen) atoms. The summed E-state index contributed by atoms with van der Waals surface area (Å²) in [6.45, 7) is 6.41. The van der Waals surface area contributed by atoms with E-state index in [1.807, 2.05) is 25.1 Å². The summed E-state index contributed by atoms with van der Waals surface area (Å²) < 4.78 is 10.6. The number of hydrogen-bond donors (Lipinski definition) is 0. The van der Waals surface area contributed by atoms with Gasteiger partial charge in [-0.15, -0.1) is 11.6 Å². The van der Waals surface area contributed by atoms with Crippen LogP contribution in [0, 0.1) is 0 Å². The van der Waals surface area contributed by atoms with Gasteiger partial charge in [-0.2, -0.15) is 0 Å². The van der Waals surface area contributed by atoms with Crippen molar-refractivity contribution in [3.63, 3.8) is 0 Å². The van der Waals surface area contributed by atoms with E-state index >= 15 is 0 Å². The van der Waals surface area contributed by atoms with Crippen LogP contribution in [0.4, 0.5) is 0 Å². The molecule has 0 saturated carbocycles. The van der Waals surface area contributed by atoms with Crippen LogP contribution >= 0.6 is 11.6 Å². The van der Waals surface area contributed by atoms with Gasteiger partial charge in [0.2, 0.25) is 0 Å². The molecule has 0 heterocycles. The highest BCUT2D eigenvalue weighted by atomic mass is 35.5. The van der Waals surface area contributed by atoms with Crippen molar-refractivity contribution in [1.82, 2.24) is 0 Å². The molecule has 0 unspecified atom stereocenters. The van der Waals surface area contributed by atoms with Crippen molar-refractivity contribution < 1.29 is 9.47 Å². The molecule has 2 nitrogen and oxygen atoms in total. The van der Waals surface area contributed by atoms with Crippen LogP contribution in [0.3, 0.4) is 0 Å². The third kappa shape index (κ3) is 2.90. The summed E-state index contributed by atoms with van der Waals surface area (Å²) in [5, 5.41) is 0. The average Bonchev–Trinajstić information content (AvgIpc) is 2.28. The van der Waals surface area contributed by atoms with Gasteiger partial charge in [-0.25, -0.2) is 0 Å². The molecule has 0 atom stereocenters. The van der Waals surface area contributed by atoms with Gasteiger partial charge in [-0.05, 0) is 30.2 Å². The third-order valence-electron chi connectivity index (χ3n) is 2.03. The van der Waals surface area contributed by atoms with Gasteiger partial charge in [0.05, 0.1) is 13.7 Å². The molecule has 3 heteroatoms. The summed E-state index contributed by atoms with van der Waals surface area (Å²) in [5.41, 5.74) is 1.86. The molecule has 0 fully saturated rings. The van der Waals surface area contributed by atoms with Crippen LogP contribution in [0.2, 0.25) is 0 Å². The fourth-order valence-electron chi connectivity index (χ4n) is 1.24. The molecule has 1 rings (SSSR count). The highest BCUT2D eigenvalue weighted by Crippen LogP contribution is 2.30. The zero-order valence-electron chi connectivity index (χ0n) is 9.05. The second kappa shape index (κ2) is 5.66. The topological polar surface area (TPSA) is 18.5 Å². The van der Waals surface area contributed by atoms with E-state index in [0.717, 1.165) is 22.6 Å². The minimum Gasteiger partial charge on any atom is -0.493 e. The lowest BCUT2D eigenvalue weighted by Gasteiger charge is -2.11. The maximum Gasteiger partial charge on any atom is 0.161 e. The number of rotatable bonds is 5. The monoisotopic (exact) mass is 226 g/mol. The molecular weight excluding hydrogens is 212 g/mol. The number of ether oxygens (including phenoxy) is 2. The number of methoxy groups -OCH3 is 1. The molecule has 0 radical (unpaired) electrons. The summed E-state index contributed by atoms with van der Waals surface area (Å²) >= 11 is 5.72. The molecule has 0 amide bonds. The first-order chi connectivity index (χ1) is 7.22. The van der Waals surface area contributed by atoms with Crippen molar-refractivity contribution in [3.05, 3.63) is 30.3 Å². The molecule has 82 valence electrons. The SMILES string of the molecule is C=C(CCl)c1ccc(OC)c(OCC)c1. The Hall–Kier alpha value is -1.15. The lowest BCUT2D eigenvalue weighted by Crippen LogP contribution is -1.96. The van der Waals surface area contributed by atoms with Crippen LogP contribution < -0.4 is 9.47 Å². The molecule has 1 aromatic rings. The molecule has 0 bridgehead atoms. The van der Waals surface area contributed by atoms with Crippen LogP contribution in [0.5, 0.6) is 11.5 Å². The summed E-state index contributed by atoms with van der Waals surface area (Å²) in [4.78, 5) is 0. The van der Waals surface area contributed by atoms with Gasteiger partial charge >= 0.3 is 0 Å².